The number of carbonyl (C=O) groups excluding carboxylic acids is 1. The third-order valence-corrected chi connectivity index (χ3v) is 1.18. The molecule has 1 amide bonds. The van der Waals surface area contributed by atoms with E-state index in [-0.39, 0.29) is 5.91 Å². The van der Waals surface area contributed by atoms with Gasteiger partial charge in [0.05, 0.1) is 0 Å². The van der Waals surface area contributed by atoms with Crippen molar-refractivity contribution in [1.82, 2.24) is 10.2 Å². The van der Waals surface area contributed by atoms with Crippen LogP contribution in [0.1, 0.15) is 12.8 Å². The van der Waals surface area contributed by atoms with Gasteiger partial charge in [0.1, 0.15) is 0 Å². The van der Waals surface area contributed by atoms with E-state index in [9.17, 15) is 4.79 Å². The van der Waals surface area contributed by atoms with E-state index < -0.39 is 0 Å². The highest BCUT2D eigenvalue weighted by Crippen LogP contribution is 1.90. The van der Waals surface area contributed by atoms with Gasteiger partial charge in [0.2, 0.25) is 5.91 Å². The molecule has 0 unspecified atom stereocenters. The first-order chi connectivity index (χ1) is 5.18. The lowest BCUT2D eigenvalue weighted by Crippen LogP contribution is -2.20. The fourth-order valence-electron chi connectivity index (χ4n) is 0.544. The number of nitrogens with zero attached hydrogens (tertiary/aromatic N) is 1. The first-order valence-electron chi connectivity index (χ1n) is 3.53. The summed E-state index contributed by atoms with van der Waals surface area (Å²) in [6.07, 6.45) is 1.12. The number of amides is 1. The summed E-state index contributed by atoms with van der Waals surface area (Å²) in [5.41, 5.74) is 0. The van der Waals surface area contributed by atoms with Crippen molar-refractivity contribution in [3.8, 4) is 12.0 Å². The first-order valence-corrected chi connectivity index (χ1v) is 3.53. The zero-order chi connectivity index (χ0) is 8.69. The highest BCUT2D eigenvalue weighted by molar-refractivity contribution is 5.75. The van der Waals surface area contributed by atoms with Crippen LogP contribution in [0.3, 0.4) is 0 Å². The van der Waals surface area contributed by atoms with Gasteiger partial charge in [0.15, 0.2) is 0 Å². The van der Waals surface area contributed by atoms with E-state index in [0.29, 0.717) is 12.8 Å². The Morgan fingerprint density at radius 1 is 1.55 bits per heavy atom. The Balaban J connectivity index is 3.47. The molecule has 3 nitrogen and oxygen atoms in total. The van der Waals surface area contributed by atoms with Crippen LogP contribution in [-0.2, 0) is 4.79 Å². The van der Waals surface area contributed by atoms with Crippen LogP contribution in [0.2, 0.25) is 0 Å². The number of carbonyl (C=O) groups is 1. The van der Waals surface area contributed by atoms with E-state index in [1.165, 1.54) is 0 Å². The first kappa shape index (κ1) is 9.83. The predicted octanol–water partition coefficient (Wildman–Crippen LogP) is 0.0351. The normalized spacial score (nSPS) is 7.91. The van der Waals surface area contributed by atoms with Crippen molar-refractivity contribution < 1.29 is 4.79 Å². The molecule has 0 aliphatic carbocycles. The van der Waals surface area contributed by atoms with E-state index in [1.807, 2.05) is 0 Å². The van der Waals surface area contributed by atoms with Gasteiger partial charge < -0.3 is 10.2 Å². The van der Waals surface area contributed by atoms with Crippen LogP contribution >= 0.6 is 0 Å². The Kier molecular flexibility index (Phi) is 5.01. The van der Waals surface area contributed by atoms with Crippen molar-refractivity contribution in [2.75, 3.05) is 21.1 Å². The zero-order valence-electron chi connectivity index (χ0n) is 7.27. The van der Waals surface area contributed by atoms with Crippen LogP contribution in [-0.4, -0.2) is 32.0 Å². The highest BCUT2D eigenvalue weighted by Gasteiger charge is 2.00. The van der Waals surface area contributed by atoms with Crippen LogP contribution in [0.5, 0.6) is 0 Å². The van der Waals surface area contributed by atoms with Gasteiger partial charge in [-0.25, -0.2) is 0 Å². The fourth-order valence-corrected chi connectivity index (χ4v) is 0.544. The Morgan fingerprint density at radius 3 is 2.64 bits per heavy atom. The number of hydrogen-bond acceptors (Lipinski definition) is 2. The zero-order valence-corrected chi connectivity index (χ0v) is 7.27. The van der Waals surface area contributed by atoms with E-state index in [1.54, 1.807) is 26.0 Å². The smallest absolute Gasteiger partial charge is 0.223 e. The van der Waals surface area contributed by atoms with Gasteiger partial charge in [0.25, 0.3) is 0 Å². The molecule has 62 valence electrons. The lowest BCUT2D eigenvalue weighted by atomic mass is 10.3. The summed E-state index contributed by atoms with van der Waals surface area (Å²) in [6.45, 7) is 0. The summed E-state index contributed by atoms with van der Waals surface area (Å²) in [4.78, 5) is 12.5. The van der Waals surface area contributed by atoms with E-state index in [2.05, 4.69) is 17.3 Å². The average molecular weight is 154 g/mol. The molecule has 1 N–H and O–H groups in total. The molecule has 0 aliphatic heterocycles. The maximum absolute atomic E-state index is 10.9. The van der Waals surface area contributed by atoms with Crippen LogP contribution in [0.25, 0.3) is 0 Å². The lowest BCUT2D eigenvalue weighted by Gasteiger charge is -2.07. The molecule has 11 heavy (non-hydrogen) atoms. The van der Waals surface area contributed by atoms with Crippen molar-refractivity contribution in [3.05, 3.63) is 0 Å². The number of rotatable bonds is 2. The van der Waals surface area contributed by atoms with Gasteiger partial charge >= 0.3 is 0 Å². The fraction of sp³-hybridized carbons (Fsp3) is 0.625. The molecule has 0 heterocycles. The van der Waals surface area contributed by atoms with Crippen molar-refractivity contribution in [2.45, 2.75) is 12.8 Å². The van der Waals surface area contributed by atoms with Gasteiger partial charge in [-0.15, -0.1) is 0 Å². The maximum Gasteiger partial charge on any atom is 0.223 e. The molecule has 0 radical (unpaired) electrons. The molecule has 0 aromatic rings. The Hall–Kier alpha value is -1.17. The van der Waals surface area contributed by atoms with Gasteiger partial charge in [0, 0.05) is 40.0 Å². The van der Waals surface area contributed by atoms with Crippen molar-refractivity contribution in [2.24, 2.45) is 0 Å². The summed E-state index contributed by atoms with van der Waals surface area (Å²) in [6, 6.07) is 2.67. The van der Waals surface area contributed by atoms with E-state index >= 15 is 0 Å². The summed E-state index contributed by atoms with van der Waals surface area (Å²) < 4.78 is 0. The molecule has 3 heteroatoms. The Bertz CT molecular complexity index is 176. The summed E-state index contributed by atoms with van der Waals surface area (Å²) in [5, 5.41) is 2.68. The van der Waals surface area contributed by atoms with Crippen LogP contribution in [0.4, 0.5) is 0 Å². The third kappa shape index (κ3) is 5.28. The second-order valence-corrected chi connectivity index (χ2v) is 2.34. The number of nitrogens with one attached hydrogen (secondary N) is 1. The van der Waals surface area contributed by atoms with Gasteiger partial charge in [-0.1, -0.05) is 5.92 Å². The third-order valence-electron chi connectivity index (χ3n) is 1.18. The molecule has 0 aromatic heterocycles. The molecule has 0 bridgehead atoms. The predicted molar refractivity (Wildman–Crippen MR) is 44.8 cm³/mol. The highest BCUT2D eigenvalue weighted by atomic mass is 16.2. The molecule has 0 aliphatic rings. The van der Waals surface area contributed by atoms with Crippen LogP contribution in [0.15, 0.2) is 0 Å². The van der Waals surface area contributed by atoms with Gasteiger partial charge in [-0.05, 0) is 0 Å². The minimum absolute atomic E-state index is 0.121. The largest absolute Gasteiger partial charge is 0.349 e. The quantitative estimate of drug-likeness (QED) is 0.450. The lowest BCUT2D eigenvalue weighted by molar-refractivity contribution is -0.128. The van der Waals surface area contributed by atoms with Crippen molar-refractivity contribution in [1.29, 1.82) is 0 Å². The molecule has 0 saturated carbocycles. The molecule has 0 aromatic carbocycles. The minimum atomic E-state index is 0.121. The number of hydrogen-bond donors (Lipinski definition) is 1. The second kappa shape index (κ2) is 5.60. The maximum atomic E-state index is 10.9. The molecular weight excluding hydrogens is 140 g/mol. The minimum Gasteiger partial charge on any atom is -0.349 e. The van der Waals surface area contributed by atoms with Gasteiger partial charge in [-0.2, -0.15) is 0 Å². The molecule has 0 rings (SSSR count). The summed E-state index contributed by atoms with van der Waals surface area (Å²) in [5.74, 6) is 2.93. The van der Waals surface area contributed by atoms with E-state index in [0.717, 1.165) is 0 Å². The summed E-state index contributed by atoms with van der Waals surface area (Å²) >= 11 is 0. The molecule has 0 atom stereocenters. The second-order valence-electron chi connectivity index (χ2n) is 2.34. The standard InChI is InChI=1S/C8H14N2O/c1-9-7-5-4-6-8(11)10(2)3/h9H,4,6H2,1-3H3. The molecular formula is C8H14N2O. The van der Waals surface area contributed by atoms with Gasteiger partial charge in [-0.3, -0.25) is 4.79 Å². The SMILES string of the molecule is CNC#CCCC(=O)N(C)C. The van der Waals surface area contributed by atoms with Crippen LogP contribution < -0.4 is 5.32 Å². The topological polar surface area (TPSA) is 32.3 Å². The van der Waals surface area contributed by atoms with Crippen LogP contribution in [0, 0.1) is 12.0 Å². The molecule has 0 fully saturated rings. The Labute approximate surface area is 67.8 Å². The average Bonchev–Trinajstić information content (AvgIpc) is 1.97. The van der Waals surface area contributed by atoms with Crippen molar-refractivity contribution in [3.63, 3.8) is 0 Å². The Morgan fingerprint density at radius 2 is 2.18 bits per heavy atom. The van der Waals surface area contributed by atoms with E-state index in [4.69, 9.17) is 0 Å². The molecule has 0 saturated heterocycles. The summed E-state index contributed by atoms with van der Waals surface area (Å²) in [7, 11) is 5.24. The molecule has 0 spiro atoms. The monoisotopic (exact) mass is 154 g/mol. The van der Waals surface area contributed by atoms with Crippen molar-refractivity contribution >= 4 is 5.91 Å².